The van der Waals surface area contributed by atoms with Gasteiger partial charge in [-0.15, -0.1) is 0 Å². The van der Waals surface area contributed by atoms with Crippen LogP contribution in [0.3, 0.4) is 0 Å². The Balaban J connectivity index is 2.66. The Kier molecular flexibility index (Phi) is 5.03. The Hall–Kier alpha value is -1.49. The van der Waals surface area contributed by atoms with Crippen molar-refractivity contribution in [2.24, 2.45) is 0 Å². The second kappa shape index (κ2) is 6.30. The number of nitrogens with one attached hydrogen (secondary N) is 1. The molecule has 17 heavy (non-hydrogen) atoms. The first-order valence-corrected chi connectivity index (χ1v) is 5.80. The highest BCUT2D eigenvalue weighted by atomic mass is 79.9. The molecule has 0 unspecified atom stereocenters. The number of hydrogen-bond donors (Lipinski definition) is 2. The summed E-state index contributed by atoms with van der Waals surface area (Å²) in [6.07, 6.45) is 1.62. The van der Waals surface area contributed by atoms with E-state index in [2.05, 4.69) is 21.2 Å². The fourth-order valence-electron chi connectivity index (χ4n) is 1.19. The number of aliphatic carboxylic acids is 1. The SMILES string of the molecule is COc1cc(Br)cc(NC/C=C(/C)C(=O)O)c1. The Bertz CT molecular complexity index is 443. The molecule has 0 bridgehead atoms. The van der Waals surface area contributed by atoms with Crippen LogP contribution in [0.2, 0.25) is 0 Å². The number of methoxy groups -OCH3 is 1. The van der Waals surface area contributed by atoms with Crippen LogP contribution in [0, 0.1) is 0 Å². The Morgan fingerprint density at radius 3 is 2.82 bits per heavy atom. The maximum Gasteiger partial charge on any atom is 0.331 e. The summed E-state index contributed by atoms with van der Waals surface area (Å²) in [5, 5.41) is 11.8. The molecule has 4 nitrogen and oxygen atoms in total. The molecule has 92 valence electrons. The predicted octanol–water partition coefficient (Wildman–Crippen LogP) is 2.90. The van der Waals surface area contributed by atoms with Crippen molar-refractivity contribution in [2.75, 3.05) is 19.0 Å². The van der Waals surface area contributed by atoms with Gasteiger partial charge >= 0.3 is 5.97 Å². The van der Waals surface area contributed by atoms with Gasteiger partial charge in [0.1, 0.15) is 5.75 Å². The fraction of sp³-hybridized carbons (Fsp3) is 0.250. The average Bonchev–Trinajstić information content (AvgIpc) is 2.27. The van der Waals surface area contributed by atoms with E-state index in [4.69, 9.17) is 9.84 Å². The molecule has 0 spiro atoms. The topological polar surface area (TPSA) is 58.6 Å². The number of carboxylic acid groups (broad SMARTS) is 1. The minimum Gasteiger partial charge on any atom is -0.497 e. The Morgan fingerprint density at radius 1 is 1.53 bits per heavy atom. The Labute approximate surface area is 108 Å². The minimum atomic E-state index is -0.904. The monoisotopic (exact) mass is 299 g/mol. The molecule has 5 heteroatoms. The summed E-state index contributed by atoms with van der Waals surface area (Å²) in [6.45, 7) is 2.02. The van der Waals surface area contributed by atoms with Crippen LogP contribution in [0.5, 0.6) is 5.75 Å². The quantitative estimate of drug-likeness (QED) is 0.821. The van der Waals surface area contributed by atoms with Crippen molar-refractivity contribution in [1.82, 2.24) is 0 Å². The number of hydrogen-bond acceptors (Lipinski definition) is 3. The first-order valence-electron chi connectivity index (χ1n) is 5.01. The Morgan fingerprint density at radius 2 is 2.24 bits per heavy atom. The van der Waals surface area contributed by atoms with Gasteiger partial charge < -0.3 is 15.2 Å². The van der Waals surface area contributed by atoms with Crippen LogP contribution < -0.4 is 10.1 Å². The van der Waals surface area contributed by atoms with Crippen LogP contribution in [0.15, 0.2) is 34.3 Å². The molecule has 0 amide bonds. The average molecular weight is 300 g/mol. The number of halogens is 1. The zero-order valence-corrected chi connectivity index (χ0v) is 11.2. The molecule has 0 atom stereocenters. The predicted molar refractivity (Wildman–Crippen MR) is 70.6 cm³/mol. The van der Waals surface area contributed by atoms with E-state index in [0.717, 1.165) is 15.9 Å². The number of rotatable bonds is 5. The van der Waals surface area contributed by atoms with Crippen molar-refractivity contribution in [2.45, 2.75) is 6.92 Å². The summed E-state index contributed by atoms with van der Waals surface area (Å²) in [7, 11) is 1.60. The lowest BCUT2D eigenvalue weighted by atomic mass is 10.2. The molecule has 0 aromatic heterocycles. The minimum absolute atomic E-state index is 0.319. The zero-order valence-electron chi connectivity index (χ0n) is 9.66. The summed E-state index contributed by atoms with van der Waals surface area (Å²) in [4.78, 5) is 10.6. The third kappa shape index (κ3) is 4.48. The number of carboxylic acids is 1. The summed E-state index contributed by atoms with van der Waals surface area (Å²) in [6, 6.07) is 5.59. The van der Waals surface area contributed by atoms with Gasteiger partial charge in [0.05, 0.1) is 7.11 Å². The summed E-state index contributed by atoms with van der Waals surface area (Å²) in [5.74, 6) is -0.167. The first-order chi connectivity index (χ1) is 8.02. The van der Waals surface area contributed by atoms with Crippen LogP contribution in [-0.4, -0.2) is 24.7 Å². The number of benzene rings is 1. The van der Waals surface area contributed by atoms with Gasteiger partial charge in [0.2, 0.25) is 0 Å². The van der Waals surface area contributed by atoms with Gasteiger partial charge in [0.15, 0.2) is 0 Å². The van der Waals surface area contributed by atoms with Crippen LogP contribution in [0.4, 0.5) is 5.69 Å². The molecule has 0 fully saturated rings. The molecule has 0 radical (unpaired) electrons. The smallest absolute Gasteiger partial charge is 0.331 e. The lowest BCUT2D eigenvalue weighted by Crippen LogP contribution is -2.03. The van der Waals surface area contributed by atoms with E-state index in [1.807, 2.05) is 18.2 Å². The standard InChI is InChI=1S/C12H14BrNO3/c1-8(12(15)16)3-4-14-10-5-9(13)6-11(7-10)17-2/h3,5-7,14H,4H2,1-2H3,(H,15,16)/b8-3-. The van der Waals surface area contributed by atoms with E-state index in [-0.39, 0.29) is 0 Å². The molecular weight excluding hydrogens is 286 g/mol. The van der Waals surface area contributed by atoms with Crippen LogP contribution in [0.25, 0.3) is 0 Å². The number of anilines is 1. The molecule has 0 aliphatic rings. The number of ether oxygens (including phenoxy) is 1. The van der Waals surface area contributed by atoms with E-state index in [0.29, 0.717) is 12.1 Å². The van der Waals surface area contributed by atoms with Crippen molar-refractivity contribution in [1.29, 1.82) is 0 Å². The summed E-state index contributed by atoms with van der Waals surface area (Å²) in [5.41, 5.74) is 1.19. The van der Waals surface area contributed by atoms with E-state index in [1.165, 1.54) is 0 Å². The fourth-order valence-corrected chi connectivity index (χ4v) is 1.66. The zero-order chi connectivity index (χ0) is 12.8. The molecule has 1 aromatic rings. The van der Waals surface area contributed by atoms with Gasteiger partial charge in [0, 0.05) is 28.3 Å². The molecule has 0 saturated carbocycles. The van der Waals surface area contributed by atoms with E-state index in [9.17, 15) is 4.79 Å². The van der Waals surface area contributed by atoms with Gasteiger partial charge in [-0.2, -0.15) is 0 Å². The largest absolute Gasteiger partial charge is 0.497 e. The maximum atomic E-state index is 10.6. The van der Waals surface area contributed by atoms with Crippen LogP contribution >= 0.6 is 15.9 Å². The third-order valence-corrected chi connectivity index (χ3v) is 2.62. The first kappa shape index (κ1) is 13.6. The van der Waals surface area contributed by atoms with Gasteiger partial charge in [-0.25, -0.2) is 4.79 Å². The lowest BCUT2D eigenvalue weighted by Gasteiger charge is -2.07. The highest BCUT2D eigenvalue weighted by Gasteiger charge is 2.00. The van der Waals surface area contributed by atoms with Crippen LogP contribution in [0.1, 0.15) is 6.92 Å². The second-order valence-electron chi connectivity index (χ2n) is 3.45. The normalized spacial score (nSPS) is 11.1. The van der Waals surface area contributed by atoms with Gasteiger partial charge in [-0.1, -0.05) is 22.0 Å². The highest BCUT2D eigenvalue weighted by molar-refractivity contribution is 9.10. The van der Waals surface area contributed by atoms with Crippen molar-refractivity contribution < 1.29 is 14.6 Å². The molecule has 0 saturated heterocycles. The van der Waals surface area contributed by atoms with Gasteiger partial charge in [0.25, 0.3) is 0 Å². The molecule has 0 heterocycles. The molecule has 1 rings (SSSR count). The molecule has 2 N–H and O–H groups in total. The molecule has 1 aromatic carbocycles. The van der Waals surface area contributed by atoms with Crippen LogP contribution in [-0.2, 0) is 4.79 Å². The molecule has 0 aliphatic heterocycles. The third-order valence-electron chi connectivity index (χ3n) is 2.16. The summed E-state index contributed by atoms with van der Waals surface area (Å²) < 4.78 is 6.02. The van der Waals surface area contributed by atoms with Crippen molar-refractivity contribution in [3.05, 3.63) is 34.3 Å². The summed E-state index contributed by atoms with van der Waals surface area (Å²) >= 11 is 3.37. The highest BCUT2D eigenvalue weighted by Crippen LogP contribution is 2.24. The van der Waals surface area contributed by atoms with E-state index < -0.39 is 5.97 Å². The lowest BCUT2D eigenvalue weighted by molar-refractivity contribution is -0.132. The maximum absolute atomic E-state index is 10.6. The van der Waals surface area contributed by atoms with Gasteiger partial charge in [-0.3, -0.25) is 0 Å². The van der Waals surface area contributed by atoms with Crippen molar-refractivity contribution >= 4 is 27.6 Å². The van der Waals surface area contributed by atoms with E-state index in [1.54, 1.807) is 20.1 Å². The van der Waals surface area contributed by atoms with Crippen molar-refractivity contribution in [3.8, 4) is 5.75 Å². The number of carbonyl (C=O) groups is 1. The second-order valence-corrected chi connectivity index (χ2v) is 4.37. The molecular formula is C12H14BrNO3. The van der Waals surface area contributed by atoms with Crippen molar-refractivity contribution in [3.63, 3.8) is 0 Å². The van der Waals surface area contributed by atoms with Gasteiger partial charge in [-0.05, 0) is 19.1 Å². The molecule has 0 aliphatic carbocycles. The van der Waals surface area contributed by atoms with E-state index >= 15 is 0 Å².